The van der Waals surface area contributed by atoms with Crippen molar-refractivity contribution in [2.45, 2.75) is 0 Å². The molecule has 2 aliphatic rings. The Morgan fingerprint density at radius 2 is 1.54 bits per heavy atom. The van der Waals surface area contributed by atoms with Crippen molar-refractivity contribution in [1.82, 2.24) is 9.78 Å². The minimum atomic E-state index is -0.201. The van der Waals surface area contributed by atoms with Gasteiger partial charge in [0.05, 0.1) is 48.4 Å². The van der Waals surface area contributed by atoms with Gasteiger partial charge in [0.15, 0.2) is 0 Å². The second-order valence-corrected chi connectivity index (χ2v) is 9.94. The second-order valence-electron chi connectivity index (χ2n) is 8.99. The Balaban J connectivity index is 1.35. The summed E-state index contributed by atoms with van der Waals surface area (Å²) in [5, 5.41) is 10.0. The van der Waals surface area contributed by atoms with Crippen LogP contribution in [0.3, 0.4) is 0 Å². The number of nitrogens with one attached hydrogen (secondary N) is 1. The van der Waals surface area contributed by atoms with Gasteiger partial charge in [0.2, 0.25) is 0 Å². The Morgan fingerprint density at radius 3 is 2.24 bits per heavy atom. The Labute approximate surface area is 220 Å². The molecule has 0 atom stereocenters. The van der Waals surface area contributed by atoms with Crippen molar-refractivity contribution < 1.29 is 14.3 Å². The van der Waals surface area contributed by atoms with Crippen molar-refractivity contribution in [1.29, 1.82) is 0 Å². The lowest BCUT2D eigenvalue weighted by atomic mass is 10.1. The van der Waals surface area contributed by atoms with Crippen LogP contribution in [-0.4, -0.2) is 68.3 Å². The molecule has 2 fully saturated rings. The number of ether oxygens (including phenoxy) is 2. The van der Waals surface area contributed by atoms with E-state index in [1.807, 2.05) is 60.0 Å². The number of benzene rings is 2. The lowest BCUT2D eigenvalue weighted by Gasteiger charge is -2.33. The molecule has 1 amide bonds. The van der Waals surface area contributed by atoms with E-state index < -0.39 is 0 Å². The number of nitrogens with zero attached hydrogens (tertiary/aromatic N) is 4. The van der Waals surface area contributed by atoms with E-state index in [0.29, 0.717) is 18.9 Å². The van der Waals surface area contributed by atoms with Crippen molar-refractivity contribution in [3.8, 4) is 16.3 Å². The molecule has 0 aliphatic carbocycles. The number of amides is 1. The van der Waals surface area contributed by atoms with E-state index in [0.717, 1.165) is 72.7 Å². The fourth-order valence-electron chi connectivity index (χ4n) is 4.75. The first-order valence-electron chi connectivity index (χ1n) is 12.6. The third kappa shape index (κ3) is 5.11. The van der Waals surface area contributed by atoms with Crippen molar-refractivity contribution in [2.24, 2.45) is 0 Å². The number of thiophene rings is 1. The van der Waals surface area contributed by atoms with Crippen LogP contribution in [-0.2, 0) is 9.47 Å². The predicted molar refractivity (Wildman–Crippen MR) is 147 cm³/mol. The summed E-state index contributed by atoms with van der Waals surface area (Å²) in [5.74, 6) is -0.201. The van der Waals surface area contributed by atoms with Crippen LogP contribution in [0.25, 0.3) is 16.3 Å². The van der Waals surface area contributed by atoms with Gasteiger partial charge >= 0.3 is 0 Å². The molecule has 2 aromatic heterocycles. The zero-order valence-corrected chi connectivity index (χ0v) is 21.3. The van der Waals surface area contributed by atoms with E-state index in [1.165, 1.54) is 0 Å². The molecule has 8 nitrogen and oxygen atoms in total. The number of carbonyl (C=O) groups excluding carboxylic acids is 1. The molecule has 4 aromatic rings. The number of hydrogen-bond donors (Lipinski definition) is 1. The zero-order valence-electron chi connectivity index (χ0n) is 20.5. The summed E-state index contributed by atoms with van der Waals surface area (Å²) < 4.78 is 12.9. The molecule has 0 saturated carbocycles. The maximum atomic E-state index is 13.8. The van der Waals surface area contributed by atoms with Gasteiger partial charge in [-0.1, -0.05) is 24.3 Å². The molecule has 0 spiro atoms. The van der Waals surface area contributed by atoms with Crippen molar-refractivity contribution in [2.75, 3.05) is 67.7 Å². The summed E-state index contributed by atoms with van der Waals surface area (Å²) in [7, 11) is 0. The zero-order chi connectivity index (χ0) is 25.0. The number of rotatable bonds is 6. The van der Waals surface area contributed by atoms with Gasteiger partial charge in [-0.2, -0.15) is 5.10 Å². The van der Waals surface area contributed by atoms with Crippen LogP contribution in [0.15, 0.2) is 72.1 Å². The molecule has 4 heterocycles. The largest absolute Gasteiger partial charge is 0.378 e. The molecular formula is C28H29N5O3S. The maximum Gasteiger partial charge on any atom is 0.274 e. The van der Waals surface area contributed by atoms with Crippen LogP contribution in [0.2, 0.25) is 0 Å². The maximum absolute atomic E-state index is 13.8. The standard InChI is InChI=1S/C28H29N5O3S/c34-28(26-20-24(27-7-4-18-37-27)30-33(26)21-5-2-1-3-6-21)29-23-9-8-22(31-10-14-35-15-11-31)19-25(23)32-12-16-36-17-13-32/h1-9,18-20H,10-17H2,(H,29,34). The minimum Gasteiger partial charge on any atom is -0.378 e. The highest BCUT2D eigenvalue weighted by atomic mass is 32.1. The summed E-state index contributed by atoms with van der Waals surface area (Å²) in [6.07, 6.45) is 0. The third-order valence-corrected chi connectivity index (χ3v) is 7.57. The van der Waals surface area contributed by atoms with Gasteiger partial charge in [0.1, 0.15) is 11.4 Å². The first-order chi connectivity index (χ1) is 18.3. The molecule has 0 unspecified atom stereocenters. The number of anilines is 3. The average molecular weight is 516 g/mol. The van der Waals surface area contributed by atoms with Crippen molar-refractivity contribution in [3.05, 3.63) is 77.8 Å². The van der Waals surface area contributed by atoms with Gasteiger partial charge in [0.25, 0.3) is 5.91 Å². The molecule has 190 valence electrons. The van der Waals surface area contributed by atoms with E-state index in [2.05, 4.69) is 27.2 Å². The Morgan fingerprint density at radius 1 is 0.811 bits per heavy atom. The highest BCUT2D eigenvalue weighted by molar-refractivity contribution is 7.13. The summed E-state index contributed by atoms with van der Waals surface area (Å²) in [6.45, 7) is 6.05. The van der Waals surface area contributed by atoms with Gasteiger partial charge < -0.3 is 24.6 Å². The highest BCUT2D eigenvalue weighted by Gasteiger charge is 2.23. The molecular weight excluding hydrogens is 486 g/mol. The predicted octanol–water partition coefficient (Wildman–Crippen LogP) is 4.53. The van der Waals surface area contributed by atoms with E-state index in [1.54, 1.807) is 16.0 Å². The molecule has 1 N–H and O–H groups in total. The van der Waals surface area contributed by atoms with Crippen molar-refractivity contribution in [3.63, 3.8) is 0 Å². The molecule has 2 aromatic carbocycles. The molecule has 0 bridgehead atoms. The number of morpholine rings is 2. The quantitative estimate of drug-likeness (QED) is 0.407. The fraction of sp³-hybridized carbons (Fsp3) is 0.286. The Kier molecular flexibility index (Phi) is 6.90. The number of carbonyl (C=O) groups is 1. The normalized spacial score (nSPS) is 16.1. The van der Waals surface area contributed by atoms with Crippen LogP contribution < -0.4 is 15.1 Å². The topological polar surface area (TPSA) is 71.9 Å². The summed E-state index contributed by atoms with van der Waals surface area (Å²) in [5.41, 5.74) is 5.02. The number of para-hydroxylation sites is 1. The lowest BCUT2D eigenvalue weighted by Crippen LogP contribution is -2.38. The Bertz CT molecular complexity index is 1340. The smallest absolute Gasteiger partial charge is 0.274 e. The van der Waals surface area contributed by atoms with Gasteiger partial charge in [-0.3, -0.25) is 4.79 Å². The van der Waals surface area contributed by atoms with Gasteiger partial charge in [-0.15, -0.1) is 11.3 Å². The van der Waals surface area contributed by atoms with Crippen LogP contribution in [0, 0.1) is 0 Å². The molecule has 2 saturated heterocycles. The van der Waals surface area contributed by atoms with E-state index in [9.17, 15) is 4.79 Å². The molecule has 2 aliphatic heterocycles. The third-order valence-electron chi connectivity index (χ3n) is 6.67. The first-order valence-corrected chi connectivity index (χ1v) is 13.4. The highest BCUT2D eigenvalue weighted by Crippen LogP contribution is 2.33. The monoisotopic (exact) mass is 515 g/mol. The average Bonchev–Trinajstić information content (AvgIpc) is 3.66. The van der Waals surface area contributed by atoms with Gasteiger partial charge in [-0.25, -0.2) is 4.68 Å². The molecule has 9 heteroatoms. The molecule has 6 rings (SSSR count). The van der Waals surface area contributed by atoms with Gasteiger partial charge in [0, 0.05) is 31.9 Å². The second kappa shape index (κ2) is 10.8. The Hall–Kier alpha value is -3.66. The van der Waals surface area contributed by atoms with Crippen LogP contribution in [0.5, 0.6) is 0 Å². The van der Waals surface area contributed by atoms with Crippen LogP contribution >= 0.6 is 11.3 Å². The van der Waals surface area contributed by atoms with E-state index in [-0.39, 0.29) is 5.91 Å². The van der Waals surface area contributed by atoms with E-state index >= 15 is 0 Å². The molecule has 0 radical (unpaired) electrons. The summed E-state index contributed by atoms with van der Waals surface area (Å²) in [6, 6.07) is 21.9. The summed E-state index contributed by atoms with van der Waals surface area (Å²) >= 11 is 1.61. The minimum absolute atomic E-state index is 0.201. The van der Waals surface area contributed by atoms with E-state index in [4.69, 9.17) is 14.6 Å². The SMILES string of the molecule is O=C(Nc1ccc(N2CCOCC2)cc1N1CCOCC1)c1cc(-c2cccs2)nn1-c1ccccc1. The van der Waals surface area contributed by atoms with Gasteiger partial charge in [-0.05, 0) is 47.8 Å². The first kappa shape index (κ1) is 23.7. The fourth-order valence-corrected chi connectivity index (χ4v) is 5.43. The lowest BCUT2D eigenvalue weighted by molar-refractivity contribution is 0.101. The van der Waals surface area contributed by atoms with Crippen LogP contribution in [0.1, 0.15) is 10.5 Å². The molecule has 37 heavy (non-hydrogen) atoms. The van der Waals surface area contributed by atoms with Crippen LogP contribution in [0.4, 0.5) is 17.1 Å². The van der Waals surface area contributed by atoms with Crippen molar-refractivity contribution >= 4 is 34.3 Å². The summed E-state index contributed by atoms with van der Waals surface area (Å²) in [4.78, 5) is 19.4. The number of aromatic nitrogens is 2. The number of hydrogen-bond acceptors (Lipinski definition) is 7.